The molecule has 0 amide bonds. The Balaban J connectivity index is 2.95. The minimum Gasteiger partial charge on any atom is -0.377 e. The second kappa shape index (κ2) is 7.12. The molecule has 1 aromatic rings. The van der Waals surface area contributed by atoms with E-state index in [9.17, 15) is 12.8 Å². The first kappa shape index (κ1) is 17.0. The maximum Gasteiger partial charge on any atom is 0.240 e. The molecule has 0 aliphatic rings. The Kier molecular flexibility index (Phi) is 6.07. The van der Waals surface area contributed by atoms with E-state index in [1.807, 2.05) is 6.92 Å². The monoisotopic (exact) mass is 304 g/mol. The molecule has 0 spiro atoms. The van der Waals surface area contributed by atoms with Crippen molar-refractivity contribution in [3.8, 4) is 0 Å². The fourth-order valence-corrected chi connectivity index (χ4v) is 3.01. The summed E-state index contributed by atoms with van der Waals surface area (Å²) in [7, 11) is -3.70. The zero-order valence-corrected chi connectivity index (χ0v) is 12.8. The third-order valence-corrected chi connectivity index (χ3v) is 4.25. The molecule has 0 heterocycles. The highest BCUT2D eigenvalue weighted by Crippen LogP contribution is 2.19. The Bertz CT molecular complexity index is 561. The van der Waals surface area contributed by atoms with Gasteiger partial charge in [-0.25, -0.2) is 17.5 Å². The van der Waals surface area contributed by atoms with Crippen LogP contribution in [0.2, 0.25) is 0 Å². The van der Waals surface area contributed by atoms with Gasteiger partial charge in [0.15, 0.2) is 0 Å². The van der Waals surface area contributed by atoms with Crippen molar-refractivity contribution < 1.29 is 17.5 Å². The molecule has 0 aliphatic carbocycles. The van der Waals surface area contributed by atoms with Gasteiger partial charge in [-0.1, -0.05) is 0 Å². The summed E-state index contributed by atoms with van der Waals surface area (Å²) in [5.74, 6) is -0.464. The molecule has 114 valence electrons. The van der Waals surface area contributed by atoms with Crippen molar-refractivity contribution in [3.63, 3.8) is 0 Å². The van der Waals surface area contributed by atoms with Gasteiger partial charge in [-0.15, -0.1) is 0 Å². The second-order valence-corrected chi connectivity index (χ2v) is 6.30. The van der Waals surface area contributed by atoms with Crippen LogP contribution < -0.4 is 10.5 Å². The molecule has 3 N–H and O–H groups in total. The average molecular weight is 304 g/mol. The predicted octanol–water partition coefficient (Wildman–Crippen LogP) is 1.30. The molecule has 20 heavy (non-hydrogen) atoms. The molecule has 0 fully saturated rings. The average Bonchev–Trinajstić information content (AvgIpc) is 2.39. The summed E-state index contributed by atoms with van der Waals surface area (Å²) in [6.45, 7) is 5.73. The number of halogens is 1. The van der Waals surface area contributed by atoms with Crippen molar-refractivity contribution in [3.05, 3.63) is 29.1 Å². The zero-order chi connectivity index (χ0) is 15.3. The van der Waals surface area contributed by atoms with Gasteiger partial charge in [-0.3, -0.25) is 0 Å². The van der Waals surface area contributed by atoms with Crippen molar-refractivity contribution in [1.29, 1.82) is 0 Å². The van der Waals surface area contributed by atoms with E-state index in [-0.39, 0.29) is 35.2 Å². The predicted molar refractivity (Wildman–Crippen MR) is 75.3 cm³/mol. The maximum absolute atomic E-state index is 13.7. The molecule has 0 bridgehead atoms. The number of sulfonamides is 1. The quantitative estimate of drug-likeness (QED) is 0.795. The topological polar surface area (TPSA) is 81.4 Å². The minimum absolute atomic E-state index is 0.0144. The van der Waals surface area contributed by atoms with E-state index in [4.69, 9.17) is 10.5 Å². The van der Waals surface area contributed by atoms with Crippen molar-refractivity contribution >= 4 is 10.0 Å². The second-order valence-electron chi connectivity index (χ2n) is 4.54. The number of benzene rings is 1. The first-order valence-electron chi connectivity index (χ1n) is 6.42. The fraction of sp³-hybridized carbons (Fsp3) is 0.538. The third kappa shape index (κ3) is 4.24. The summed E-state index contributed by atoms with van der Waals surface area (Å²) < 4.78 is 45.7. The van der Waals surface area contributed by atoms with Crippen molar-refractivity contribution in [2.45, 2.75) is 38.3 Å². The van der Waals surface area contributed by atoms with Crippen molar-refractivity contribution in [1.82, 2.24) is 4.72 Å². The SMILES string of the molecule is CCOC(C)CNS(=O)(=O)c1cc(C)c(F)c(CN)c1. The van der Waals surface area contributed by atoms with E-state index in [0.717, 1.165) is 0 Å². The van der Waals surface area contributed by atoms with Crippen LogP contribution in [-0.2, 0) is 21.3 Å². The number of rotatable bonds is 7. The van der Waals surface area contributed by atoms with Crippen LogP contribution in [0.3, 0.4) is 0 Å². The Morgan fingerprint density at radius 2 is 2.10 bits per heavy atom. The highest BCUT2D eigenvalue weighted by atomic mass is 32.2. The molecule has 7 heteroatoms. The number of hydrogen-bond donors (Lipinski definition) is 2. The van der Waals surface area contributed by atoms with Gasteiger partial charge in [0.1, 0.15) is 5.82 Å². The molecule has 1 aromatic carbocycles. The standard InChI is InChI=1S/C13H21FN2O3S/c1-4-19-10(3)8-16-20(17,18)12-5-9(2)13(14)11(6-12)7-15/h5-6,10,16H,4,7-8,15H2,1-3H3. The van der Waals surface area contributed by atoms with Crippen molar-refractivity contribution in [2.75, 3.05) is 13.2 Å². The Morgan fingerprint density at radius 1 is 1.45 bits per heavy atom. The maximum atomic E-state index is 13.7. The number of nitrogens with one attached hydrogen (secondary N) is 1. The van der Waals surface area contributed by atoms with Crippen LogP contribution in [0.4, 0.5) is 4.39 Å². The summed E-state index contributed by atoms with van der Waals surface area (Å²) in [6, 6.07) is 2.55. The lowest BCUT2D eigenvalue weighted by Crippen LogP contribution is -2.32. The van der Waals surface area contributed by atoms with E-state index in [0.29, 0.717) is 6.61 Å². The van der Waals surface area contributed by atoms with Crippen LogP contribution in [0, 0.1) is 12.7 Å². The van der Waals surface area contributed by atoms with Gasteiger partial charge in [-0.2, -0.15) is 0 Å². The lowest BCUT2D eigenvalue weighted by Gasteiger charge is -2.14. The molecule has 1 atom stereocenters. The molecule has 0 aliphatic heterocycles. The van der Waals surface area contributed by atoms with Gasteiger partial charge in [0.25, 0.3) is 0 Å². The summed E-state index contributed by atoms with van der Waals surface area (Å²) >= 11 is 0. The Labute approximate surface area is 119 Å². The minimum atomic E-state index is -3.70. The lowest BCUT2D eigenvalue weighted by atomic mass is 10.1. The van der Waals surface area contributed by atoms with E-state index in [1.54, 1.807) is 6.92 Å². The highest BCUT2D eigenvalue weighted by Gasteiger charge is 2.18. The molecule has 0 radical (unpaired) electrons. The fourth-order valence-electron chi connectivity index (χ4n) is 1.76. The first-order chi connectivity index (χ1) is 9.31. The van der Waals surface area contributed by atoms with Crippen LogP contribution in [0.25, 0.3) is 0 Å². The van der Waals surface area contributed by atoms with Gasteiger partial charge in [0.2, 0.25) is 10.0 Å². The number of aryl methyl sites for hydroxylation is 1. The third-order valence-electron chi connectivity index (χ3n) is 2.85. The van der Waals surface area contributed by atoms with Gasteiger partial charge in [0.05, 0.1) is 11.0 Å². The van der Waals surface area contributed by atoms with Gasteiger partial charge < -0.3 is 10.5 Å². The summed E-state index contributed by atoms with van der Waals surface area (Å²) in [5, 5.41) is 0. The molecule has 5 nitrogen and oxygen atoms in total. The number of nitrogens with two attached hydrogens (primary N) is 1. The lowest BCUT2D eigenvalue weighted by molar-refractivity contribution is 0.0799. The highest BCUT2D eigenvalue weighted by molar-refractivity contribution is 7.89. The molecular weight excluding hydrogens is 283 g/mol. The largest absolute Gasteiger partial charge is 0.377 e. The van der Waals surface area contributed by atoms with Gasteiger partial charge >= 0.3 is 0 Å². The molecule has 0 aromatic heterocycles. The molecular formula is C13H21FN2O3S. The van der Waals surface area contributed by atoms with Gasteiger partial charge in [0, 0.05) is 25.3 Å². The number of ether oxygens (including phenoxy) is 1. The van der Waals surface area contributed by atoms with Gasteiger partial charge in [-0.05, 0) is 38.5 Å². The normalized spacial score (nSPS) is 13.4. The van der Waals surface area contributed by atoms with Crippen molar-refractivity contribution in [2.24, 2.45) is 5.73 Å². The first-order valence-corrected chi connectivity index (χ1v) is 7.90. The Morgan fingerprint density at radius 3 is 2.65 bits per heavy atom. The molecule has 0 saturated carbocycles. The van der Waals surface area contributed by atoms with E-state index in [2.05, 4.69) is 4.72 Å². The van der Waals surface area contributed by atoms with Crippen LogP contribution in [0.1, 0.15) is 25.0 Å². The molecule has 1 rings (SSSR count). The van der Waals surface area contributed by atoms with E-state index in [1.165, 1.54) is 19.1 Å². The van der Waals surface area contributed by atoms with Crippen LogP contribution in [-0.4, -0.2) is 27.7 Å². The number of hydrogen-bond acceptors (Lipinski definition) is 4. The van der Waals surface area contributed by atoms with Crippen LogP contribution >= 0.6 is 0 Å². The summed E-state index contributed by atoms with van der Waals surface area (Å²) in [6.07, 6.45) is -0.231. The summed E-state index contributed by atoms with van der Waals surface area (Å²) in [5.41, 5.74) is 5.86. The van der Waals surface area contributed by atoms with Crippen LogP contribution in [0.5, 0.6) is 0 Å². The van der Waals surface area contributed by atoms with E-state index < -0.39 is 15.8 Å². The zero-order valence-electron chi connectivity index (χ0n) is 11.9. The van der Waals surface area contributed by atoms with Crippen LogP contribution in [0.15, 0.2) is 17.0 Å². The Hall–Kier alpha value is -1.02. The smallest absolute Gasteiger partial charge is 0.240 e. The van der Waals surface area contributed by atoms with E-state index >= 15 is 0 Å². The summed E-state index contributed by atoms with van der Waals surface area (Å²) in [4.78, 5) is 0.0144. The molecule has 0 saturated heterocycles. The molecule has 1 unspecified atom stereocenters.